The number of anilines is 1. The topological polar surface area (TPSA) is 38.3 Å². The van der Waals surface area contributed by atoms with Gasteiger partial charge in [-0.3, -0.25) is 4.79 Å². The quantitative estimate of drug-likeness (QED) is 0.907. The molecule has 0 heterocycles. The zero-order valence-corrected chi connectivity index (χ0v) is 12.5. The van der Waals surface area contributed by atoms with Crippen LogP contribution in [0.4, 0.5) is 10.1 Å². The highest BCUT2D eigenvalue weighted by atomic mass is 35.5. The van der Waals surface area contributed by atoms with Crippen LogP contribution in [-0.2, 0) is 0 Å². The van der Waals surface area contributed by atoms with E-state index in [4.69, 9.17) is 16.3 Å². The fourth-order valence-corrected chi connectivity index (χ4v) is 2.07. The number of rotatable bonds is 4. The molecule has 0 radical (unpaired) electrons. The van der Waals surface area contributed by atoms with Crippen molar-refractivity contribution in [1.82, 2.24) is 0 Å². The van der Waals surface area contributed by atoms with Crippen LogP contribution in [0, 0.1) is 12.7 Å². The highest BCUT2D eigenvalue weighted by Crippen LogP contribution is 2.22. The molecule has 0 bridgehead atoms. The SMILES string of the molecule is CCOc1ccc(C(=O)Nc2cc(Cl)ccc2F)cc1C. The van der Waals surface area contributed by atoms with E-state index in [1.165, 1.54) is 18.2 Å². The summed E-state index contributed by atoms with van der Waals surface area (Å²) in [7, 11) is 0. The van der Waals surface area contributed by atoms with Gasteiger partial charge in [0.05, 0.1) is 12.3 Å². The molecule has 5 heteroatoms. The molecule has 0 aromatic heterocycles. The maximum absolute atomic E-state index is 13.6. The molecular weight excluding hydrogens is 293 g/mol. The molecular formula is C16H15ClFNO2. The van der Waals surface area contributed by atoms with Crippen LogP contribution in [-0.4, -0.2) is 12.5 Å². The van der Waals surface area contributed by atoms with Gasteiger partial charge in [0.15, 0.2) is 0 Å². The minimum Gasteiger partial charge on any atom is -0.494 e. The van der Waals surface area contributed by atoms with Crippen LogP contribution >= 0.6 is 11.6 Å². The molecule has 2 aromatic carbocycles. The monoisotopic (exact) mass is 307 g/mol. The van der Waals surface area contributed by atoms with Crippen LogP contribution in [0.15, 0.2) is 36.4 Å². The maximum atomic E-state index is 13.6. The first-order valence-electron chi connectivity index (χ1n) is 6.51. The molecule has 3 nitrogen and oxygen atoms in total. The number of hydrogen-bond acceptors (Lipinski definition) is 2. The van der Waals surface area contributed by atoms with Gasteiger partial charge in [-0.15, -0.1) is 0 Å². The average molecular weight is 308 g/mol. The summed E-state index contributed by atoms with van der Waals surface area (Å²) in [6, 6.07) is 9.06. The van der Waals surface area contributed by atoms with Crippen molar-refractivity contribution in [3.05, 3.63) is 58.4 Å². The van der Waals surface area contributed by atoms with E-state index in [2.05, 4.69) is 5.32 Å². The number of benzene rings is 2. The van der Waals surface area contributed by atoms with Gasteiger partial charge >= 0.3 is 0 Å². The summed E-state index contributed by atoms with van der Waals surface area (Å²) in [6.07, 6.45) is 0. The van der Waals surface area contributed by atoms with E-state index < -0.39 is 11.7 Å². The lowest BCUT2D eigenvalue weighted by atomic mass is 10.1. The Bertz CT molecular complexity index is 673. The molecule has 21 heavy (non-hydrogen) atoms. The van der Waals surface area contributed by atoms with Crippen molar-refractivity contribution < 1.29 is 13.9 Å². The number of carbonyl (C=O) groups is 1. The molecule has 0 fully saturated rings. The first-order valence-corrected chi connectivity index (χ1v) is 6.89. The second-order valence-corrected chi connectivity index (χ2v) is 4.93. The number of ether oxygens (including phenoxy) is 1. The highest BCUT2D eigenvalue weighted by Gasteiger charge is 2.11. The Morgan fingerprint density at radius 3 is 2.71 bits per heavy atom. The number of amides is 1. The first-order chi connectivity index (χ1) is 10.0. The lowest BCUT2D eigenvalue weighted by Crippen LogP contribution is -2.13. The molecule has 1 N–H and O–H groups in total. The highest BCUT2D eigenvalue weighted by molar-refractivity contribution is 6.31. The molecule has 0 atom stereocenters. The Morgan fingerprint density at radius 2 is 2.05 bits per heavy atom. The summed E-state index contributed by atoms with van der Waals surface area (Å²) in [5.41, 5.74) is 1.32. The Kier molecular flexibility index (Phi) is 4.81. The first kappa shape index (κ1) is 15.3. The Labute approximate surface area is 127 Å². The van der Waals surface area contributed by atoms with Crippen LogP contribution < -0.4 is 10.1 Å². The maximum Gasteiger partial charge on any atom is 0.255 e. The van der Waals surface area contributed by atoms with Crippen molar-refractivity contribution in [1.29, 1.82) is 0 Å². The van der Waals surface area contributed by atoms with Gasteiger partial charge < -0.3 is 10.1 Å². The molecule has 0 spiro atoms. The summed E-state index contributed by atoms with van der Waals surface area (Å²) in [5.74, 6) is -0.208. The van der Waals surface area contributed by atoms with Crippen LogP contribution in [0.25, 0.3) is 0 Å². The number of halogens is 2. The van der Waals surface area contributed by atoms with Gasteiger partial charge in [0.2, 0.25) is 0 Å². The molecule has 2 rings (SSSR count). The zero-order valence-electron chi connectivity index (χ0n) is 11.7. The molecule has 0 saturated carbocycles. The molecule has 0 unspecified atom stereocenters. The van der Waals surface area contributed by atoms with Gasteiger partial charge in [0, 0.05) is 10.6 Å². The zero-order chi connectivity index (χ0) is 15.4. The lowest BCUT2D eigenvalue weighted by molar-refractivity contribution is 0.102. The number of nitrogens with one attached hydrogen (secondary N) is 1. The van der Waals surface area contributed by atoms with E-state index in [0.29, 0.717) is 17.2 Å². The van der Waals surface area contributed by atoms with Crippen LogP contribution in [0.2, 0.25) is 5.02 Å². The van der Waals surface area contributed by atoms with Crippen molar-refractivity contribution >= 4 is 23.2 Å². The van der Waals surface area contributed by atoms with E-state index >= 15 is 0 Å². The van der Waals surface area contributed by atoms with Crippen LogP contribution in [0.5, 0.6) is 5.75 Å². The van der Waals surface area contributed by atoms with Gasteiger partial charge in [-0.25, -0.2) is 4.39 Å². The molecule has 0 aliphatic rings. The Balaban J connectivity index is 2.20. The molecule has 1 amide bonds. The van der Waals surface area contributed by atoms with Gasteiger partial charge in [-0.2, -0.15) is 0 Å². The fraction of sp³-hybridized carbons (Fsp3) is 0.188. The molecule has 0 aliphatic heterocycles. The summed E-state index contributed by atoms with van der Waals surface area (Å²) in [5, 5.41) is 2.86. The average Bonchev–Trinajstić information content (AvgIpc) is 2.45. The van der Waals surface area contributed by atoms with E-state index in [1.807, 2.05) is 13.8 Å². The standard InChI is InChI=1S/C16H15ClFNO2/c1-3-21-15-7-4-11(8-10(15)2)16(20)19-14-9-12(17)5-6-13(14)18/h4-9H,3H2,1-2H3,(H,19,20). The van der Waals surface area contributed by atoms with Gasteiger partial charge in [0.25, 0.3) is 5.91 Å². The number of hydrogen-bond donors (Lipinski definition) is 1. The predicted octanol–water partition coefficient (Wildman–Crippen LogP) is 4.44. The minimum absolute atomic E-state index is 0.0547. The van der Waals surface area contributed by atoms with Crippen molar-refractivity contribution in [2.45, 2.75) is 13.8 Å². The van der Waals surface area contributed by atoms with Crippen molar-refractivity contribution in [2.24, 2.45) is 0 Å². The fourth-order valence-electron chi connectivity index (χ4n) is 1.90. The molecule has 0 saturated heterocycles. The summed E-state index contributed by atoms with van der Waals surface area (Å²) < 4.78 is 19.0. The second-order valence-electron chi connectivity index (χ2n) is 4.49. The lowest BCUT2D eigenvalue weighted by Gasteiger charge is -2.10. The number of carbonyl (C=O) groups excluding carboxylic acids is 1. The Hall–Kier alpha value is -2.07. The van der Waals surface area contributed by atoms with Gasteiger partial charge in [0.1, 0.15) is 11.6 Å². The minimum atomic E-state index is -0.532. The third-order valence-corrected chi connectivity index (χ3v) is 3.15. The largest absolute Gasteiger partial charge is 0.494 e. The Morgan fingerprint density at radius 1 is 1.29 bits per heavy atom. The normalized spacial score (nSPS) is 10.3. The summed E-state index contributed by atoms with van der Waals surface area (Å²) in [6.45, 7) is 4.30. The smallest absolute Gasteiger partial charge is 0.255 e. The van der Waals surface area contributed by atoms with E-state index in [-0.39, 0.29) is 5.69 Å². The van der Waals surface area contributed by atoms with Crippen LogP contribution in [0.1, 0.15) is 22.8 Å². The van der Waals surface area contributed by atoms with Crippen LogP contribution in [0.3, 0.4) is 0 Å². The second kappa shape index (κ2) is 6.59. The van der Waals surface area contributed by atoms with Crippen molar-refractivity contribution in [3.8, 4) is 5.75 Å². The van der Waals surface area contributed by atoms with E-state index in [0.717, 1.165) is 11.3 Å². The predicted molar refractivity (Wildman–Crippen MR) is 81.7 cm³/mol. The summed E-state index contributed by atoms with van der Waals surface area (Å²) in [4.78, 5) is 12.1. The molecule has 2 aromatic rings. The third kappa shape index (κ3) is 3.73. The molecule has 0 aliphatic carbocycles. The third-order valence-electron chi connectivity index (χ3n) is 2.91. The van der Waals surface area contributed by atoms with Crippen molar-refractivity contribution in [3.63, 3.8) is 0 Å². The summed E-state index contributed by atoms with van der Waals surface area (Å²) >= 11 is 5.79. The van der Waals surface area contributed by atoms with Gasteiger partial charge in [-0.1, -0.05) is 11.6 Å². The van der Waals surface area contributed by atoms with E-state index in [1.54, 1.807) is 18.2 Å². The molecule has 110 valence electrons. The van der Waals surface area contributed by atoms with Crippen molar-refractivity contribution in [2.75, 3.05) is 11.9 Å². The number of aryl methyl sites for hydroxylation is 1. The van der Waals surface area contributed by atoms with Gasteiger partial charge in [-0.05, 0) is 55.8 Å². The van der Waals surface area contributed by atoms with E-state index in [9.17, 15) is 9.18 Å².